The fourth-order valence-corrected chi connectivity index (χ4v) is 6.49. The van der Waals surface area contributed by atoms with Crippen LogP contribution in [0.1, 0.15) is 19.3 Å². The fourth-order valence-electron chi connectivity index (χ4n) is 4.70. The molecule has 0 heterocycles. The van der Waals surface area contributed by atoms with E-state index in [1.165, 1.54) is 0 Å². The molecule has 3 aliphatic carbocycles. The lowest BCUT2D eigenvalue weighted by Crippen LogP contribution is -2.58. The van der Waals surface area contributed by atoms with Gasteiger partial charge in [0.25, 0.3) is 0 Å². The van der Waals surface area contributed by atoms with Crippen LogP contribution in [0.4, 0.5) is 0 Å². The van der Waals surface area contributed by atoms with Crippen molar-refractivity contribution in [2.24, 2.45) is 35.1 Å². The van der Waals surface area contributed by atoms with Crippen LogP contribution in [0.5, 0.6) is 0 Å². The smallest absolute Gasteiger partial charge is 0.324 e. The van der Waals surface area contributed by atoms with E-state index in [1.807, 2.05) is 6.08 Å². The molecule has 0 aromatic heterocycles. The first kappa shape index (κ1) is 18.5. The summed E-state index contributed by atoms with van der Waals surface area (Å²) in [5, 5.41) is 0. The van der Waals surface area contributed by atoms with Gasteiger partial charge in [-0.15, -0.1) is 0 Å². The molecule has 1 fully saturated rings. The van der Waals surface area contributed by atoms with E-state index in [9.17, 15) is 18.9 Å². The number of hydrogen-bond donors (Lipinski definition) is 6. The first-order valence-electron chi connectivity index (χ1n) is 7.99. The summed E-state index contributed by atoms with van der Waals surface area (Å²) in [4.78, 5) is 37.4. The highest BCUT2D eigenvalue weighted by atomic mass is 31.2. The molecule has 136 valence electrons. The van der Waals surface area contributed by atoms with Crippen LogP contribution in [0, 0.1) is 23.7 Å². The minimum Gasteiger partial charge on any atom is -0.324 e. The Kier molecular flexibility index (Phi) is 4.52. The highest BCUT2D eigenvalue weighted by Crippen LogP contribution is 2.60. The molecule has 3 rings (SSSR count). The average molecular weight is 378 g/mol. The second kappa shape index (κ2) is 5.86. The topological polar surface area (TPSA) is 167 Å². The van der Waals surface area contributed by atoms with Crippen molar-refractivity contribution >= 4 is 15.2 Å². The molecule has 5 atom stereocenters. The van der Waals surface area contributed by atoms with E-state index in [2.05, 4.69) is 12.2 Å². The van der Waals surface area contributed by atoms with Gasteiger partial charge in [-0.3, -0.25) is 9.13 Å². The predicted octanol–water partition coefficient (Wildman–Crippen LogP) is 0.483. The average Bonchev–Trinajstić information content (AvgIpc) is 3.05. The molecule has 0 aromatic rings. The highest BCUT2D eigenvalue weighted by Gasteiger charge is 2.58. The number of rotatable bonds is 6. The Balaban J connectivity index is 1.84. The van der Waals surface area contributed by atoms with Gasteiger partial charge < -0.3 is 31.0 Å². The number of nitrogens with two attached hydrogens (primary N) is 2. The van der Waals surface area contributed by atoms with Crippen LogP contribution in [0.25, 0.3) is 0 Å². The molecular formula is C14H24N2O6P2. The largest absolute Gasteiger partial charge is 0.332 e. The van der Waals surface area contributed by atoms with E-state index in [0.29, 0.717) is 11.5 Å². The molecule has 0 saturated heterocycles. The van der Waals surface area contributed by atoms with Gasteiger partial charge in [-0.2, -0.15) is 0 Å². The van der Waals surface area contributed by atoms with Crippen LogP contribution < -0.4 is 11.5 Å². The number of hydrogen-bond acceptors (Lipinski definition) is 4. The minimum atomic E-state index is -4.55. The summed E-state index contributed by atoms with van der Waals surface area (Å²) in [6.45, 7) is 0. The summed E-state index contributed by atoms with van der Waals surface area (Å²) in [7, 11) is -8.76. The summed E-state index contributed by atoms with van der Waals surface area (Å²) in [5.41, 5.74) is 10.5. The molecule has 0 aliphatic heterocycles. The zero-order valence-corrected chi connectivity index (χ0v) is 14.9. The van der Waals surface area contributed by atoms with E-state index >= 15 is 0 Å². The SMILES string of the molecule is NC1(N)C(C(CCCP(=O)(O)O)P(=O)(O)O)=CC2C3C=CC(C3)C21. The predicted molar refractivity (Wildman–Crippen MR) is 88.9 cm³/mol. The Morgan fingerprint density at radius 1 is 1.17 bits per heavy atom. The molecule has 5 unspecified atom stereocenters. The van der Waals surface area contributed by atoms with Gasteiger partial charge in [-0.1, -0.05) is 18.2 Å². The van der Waals surface area contributed by atoms with Crippen molar-refractivity contribution in [3.63, 3.8) is 0 Å². The lowest BCUT2D eigenvalue weighted by atomic mass is 9.79. The molecule has 0 amide bonds. The summed E-state index contributed by atoms with van der Waals surface area (Å²) in [5.74, 6) is 0.534. The van der Waals surface area contributed by atoms with Gasteiger partial charge in [-0.05, 0) is 42.6 Å². The summed E-state index contributed by atoms with van der Waals surface area (Å²) in [6, 6.07) is 0. The van der Waals surface area contributed by atoms with Gasteiger partial charge in [0.15, 0.2) is 0 Å². The Labute approximate surface area is 140 Å². The molecule has 3 aliphatic rings. The van der Waals surface area contributed by atoms with Crippen LogP contribution in [0.15, 0.2) is 23.8 Å². The summed E-state index contributed by atoms with van der Waals surface area (Å²) in [6.07, 6.45) is 6.50. The Hall–Kier alpha value is -0.300. The van der Waals surface area contributed by atoms with Crippen LogP contribution in [-0.4, -0.2) is 37.1 Å². The van der Waals surface area contributed by atoms with Gasteiger partial charge in [0.1, 0.15) is 0 Å². The molecule has 8 N–H and O–H groups in total. The van der Waals surface area contributed by atoms with E-state index in [-0.39, 0.29) is 30.6 Å². The van der Waals surface area contributed by atoms with Crippen molar-refractivity contribution in [3.05, 3.63) is 23.8 Å². The monoisotopic (exact) mass is 378 g/mol. The van der Waals surface area contributed by atoms with Crippen molar-refractivity contribution in [3.8, 4) is 0 Å². The standard InChI is InChI=1S/C14H24N2O6P2/c15-14(16)11(7-10-8-3-4-9(6-8)13(10)14)12(24(20,21)22)2-1-5-23(17,18)19/h3-4,7-10,12-13H,1-2,5-6,15-16H2,(H2,17,18,19)(H2,20,21,22). The molecule has 8 nitrogen and oxygen atoms in total. The minimum absolute atomic E-state index is 0.00604. The molecule has 10 heteroatoms. The maximum Gasteiger partial charge on any atom is 0.332 e. The van der Waals surface area contributed by atoms with E-state index in [0.717, 1.165) is 6.42 Å². The zero-order chi connectivity index (χ0) is 17.9. The van der Waals surface area contributed by atoms with Gasteiger partial charge in [0.05, 0.1) is 11.3 Å². The van der Waals surface area contributed by atoms with Crippen LogP contribution in [0.3, 0.4) is 0 Å². The lowest BCUT2D eigenvalue weighted by molar-refractivity contribution is 0.257. The Morgan fingerprint density at radius 2 is 1.79 bits per heavy atom. The van der Waals surface area contributed by atoms with Crippen molar-refractivity contribution in [2.75, 3.05) is 6.16 Å². The first-order valence-corrected chi connectivity index (χ1v) is 11.5. The van der Waals surface area contributed by atoms with Crippen molar-refractivity contribution in [2.45, 2.75) is 30.6 Å². The highest BCUT2D eigenvalue weighted by molar-refractivity contribution is 7.53. The van der Waals surface area contributed by atoms with Gasteiger partial charge >= 0.3 is 15.2 Å². The number of allylic oxidation sites excluding steroid dienone is 3. The Morgan fingerprint density at radius 3 is 2.33 bits per heavy atom. The lowest BCUT2D eigenvalue weighted by Gasteiger charge is -2.37. The molecule has 0 spiro atoms. The van der Waals surface area contributed by atoms with Crippen LogP contribution in [-0.2, 0) is 9.13 Å². The van der Waals surface area contributed by atoms with Gasteiger partial charge in [0.2, 0.25) is 0 Å². The van der Waals surface area contributed by atoms with Crippen molar-refractivity contribution < 1.29 is 28.7 Å². The van der Waals surface area contributed by atoms with Gasteiger partial charge in [0, 0.05) is 12.1 Å². The van der Waals surface area contributed by atoms with E-state index < -0.39 is 32.7 Å². The third-order valence-corrected chi connectivity index (χ3v) is 7.88. The third kappa shape index (κ3) is 3.22. The maximum atomic E-state index is 12.0. The first-order chi connectivity index (χ1) is 10.9. The quantitative estimate of drug-likeness (QED) is 0.220. The second-order valence-corrected chi connectivity index (χ2v) is 10.8. The third-order valence-electron chi connectivity index (χ3n) is 5.64. The molecule has 2 bridgehead atoms. The second-order valence-electron chi connectivity index (χ2n) is 7.24. The van der Waals surface area contributed by atoms with Crippen LogP contribution in [0.2, 0.25) is 0 Å². The summed E-state index contributed by atoms with van der Waals surface area (Å²) < 4.78 is 23.0. The van der Waals surface area contributed by atoms with Crippen molar-refractivity contribution in [1.82, 2.24) is 0 Å². The molecule has 0 radical (unpaired) electrons. The molecule has 24 heavy (non-hydrogen) atoms. The van der Waals surface area contributed by atoms with Crippen molar-refractivity contribution in [1.29, 1.82) is 0 Å². The summed E-state index contributed by atoms with van der Waals surface area (Å²) >= 11 is 0. The maximum absolute atomic E-state index is 12.0. The van der Waals surface area contributed by atoms with Gasteiger partial charge in [-0.25, -0.2) is 0 Å². The Bertz CT molecular complexity index is 679. The molecule has 0 aromatic carbocycles. The number of fused-ring (bicyclic) bond motifs is 5. The molecule has 1 saturated carbocycles. The normalized spacial score (nSPS) is 35.2. The van der Waals surface area contributed by atoms with E-state index in [1.54, 1.807) is 0 Å². The zero-order valence-electron chi connectivity index (χ0n) is 13.1. The molecular weight excluding hydrogens is 354 g/mol. The van der Waals surface area contributed by atoms with Crippen LogP contribution >= 0.6 is 15.2 Å². The fraction of sp³-hybridized carbons (Fsp3) is 0.714. The van der Waals surface area contributed by atoms with E-state index in [4.69, 9.17) is 21.3 Å².